The average Bonchev–Trinajstić information content (AvgIpc) is 2.41. The number of aryl methyl sites for hydroxylation is 1. The number of rotatable bonds is 3. The van der Waals surface area contributed by atoms with E-state index < -0.39 is 0 Å². The Morgan fingerprint density at radius 3 is 2.50 bits per heavy atom. The lowest BCUT2D eigenvalue weighted by atomic mass is 10.1. The van der Waals surface area contributed by atoms with E-state index in [0.29, 0.717) is 0 Å². The minimum atomic E-state index is 0.270. The van der Waals surface area contributed by atoms with E-state index in [1.165, 1.54) is 16.8 Å². The van der Waals surface area contributed by atoms with Crippen LogP contribution >= 0.6 is 0 Å². The fourth-order valence-corrected chi connectivity index (χ4v) is 2.15. The molecule has 0 amide bonds. The summed E-state index contributed by atoms with van der Waals surface area (Å²) in [7, 11) is 2.13. The second kappa shape index (κ2) is 5.21. The van der Waals surface area contributed by atoms with Crippen LogP contribution in [0, 0.1) is 13.8 Å². The first kappa shape index (κ1) is 12.6. The van der Waals surface area contributed by atoms with Crippen LogP contribution in [-0.2, 0) is 0 Å². The molecular formula is C16H20N2. The predicted octanol–water partition coefficient (Wildman–Crippen LogP) is 3.90. The number of benzene rings is 1. The van der Waals surface area contributed by atoms with Crippen molar-refractivity contribution >= 4 is 5.69 Å². The molecule has 1 unspecified atom stereocenters. The van der Waals surface area contributed by atoms with Crippen LogP contribution < -0.4 is 4.90 Å². The highest BCUT2D eigenvalue weighted by atomic mass is 15.1. The Bertz CT molecular complexity index is 520. The van der Waals surface area contributed by atoms with Crippen molar-refractivity contribution in [3.8, 4) is 0 Å². The Morgan fingerprint density at radius 2 is 1.83 bits per heavy atom. The fourth-order valence-electron chi connectivity index (χ4n) is 2.15. The Balaban J connectivity index is 2.31. The van der Waals surface area contributed by atoms with Crippen molar-refractivity contribution in [1.29, 1.82) is 0 Å². The number of aromatic nitrogens is 1. The average molecular weight is 240 g/mol. The van der Waals surface area contributed by atoms with E-state index in [2.05, 4.69) is 62.0 Å². The van der Waals surface area contributed by atoms with E-state index in [9.17, 15) is 0 Å². The number of pyridine rings is 1. The quantitative estimate of drug-likeness (QED) is 0.809. The summed E-state index contributed by atoms with van der Waals surface area (Å²) in [6.07, 6.45) is 1.85. The molecule has 0 N–H and O–H groups in total. The van der Waals surface area contributed by atoms with E-state index in [0.717, 1.165) is 5.69 Å². The van der Waals surface area contributed by atoms with E-state index in [4.69, 9.17) is 0 Å². The highest BCUT2D eigenvalue weighted by Crippen LogP contribution is 2.28. The second-order valence-corrected chi connectivity index (χ2v) is 4.76. The van der Waals surface area contributed by atoms with Crippen molar-refractivity contribution in [3.63, 3.8) is 0 Å². The maximum atomic E-state index is 4.44. The van der Waals surface area contributed by atoms with Gasteiger partial charge in [-0.15, -0.1) is 0 Å². The smallest absolute Gasteiger partial charge is 0.0682 e. The highest BCUT2D eigenvalue weighted by Gasteiger charge is 2.15. The van der Waals surface area contributed by atoms with E-state index >= 15 is 0 Å². The molecule has 0 saturated carbocycles. The van der Waals surface area contributed by atoms with Crippen LogP contribution in [0.25, 0.3) is 0 Å². The van der Waals surface area contributed by atoms with Crippen LogP contribution in [0.4, 0.5) is 5.69 Å². The first-order valence-corrected chi connectivity index (χ1v) is 6.31. The Morgan fingerprint density at radius 1 is 1.06 bits per heavy atom. The maximum Gasteiger partial charge on any atom is 0.0682 e. The lowest BCUT2D eigenvalue weighted by Gasteiger charge is -2.28. The molecule has 0 fully saturated rings. The van der Waals surface area contributed by atoms with Gasteiger partial charge in [0.05, 0.1) is 11.7 Å². The zero-order valence-electron chi connectivity index (χ0n) is 11.5. The molecule has 2 rings (SSSR count). The van der Waals surface area contributed by atoms with Gasteiger partial charge in [-0.3, -0.25) is 4.98 Å². The summed E-state index contributed by atoms with van der Waals surface area (Å²) < 4.78 is 0. The van der Waals surface area contributed by atoms with Gasteiger partial charge in [-0.25, -0.2) is 0 Å². The third-order valence-electron chi connectivity index (χ3n) is 3.65. The van der Waals surface area contributed by atoms with Gasteiger partial charge in [0.15, 0.2) is 0 Å². The number of nitrogens with zero attached hydrogens (tertiary/aromatic N) is 2. The lowest BCUT2D eigenvalue weighted by molar-refractivity contribution is 0.712. The molecular weight excluding hydrogens is 220 g/mol. The number of anilines is 1. The second-order valence-electron chi connectivity index (χ2n) is 4.76. The summed E-state index contributed by atoms with van der Waals surface area (Å²) in [5.41, 5.74) is 5.03. The van der Waals surface area contributed by atoms with Crippen LogP contribution in [0.5, 0.6) is 0 Å². The normalized spacial score (nSPS) is 12.2. The van der Waals surface area contributed by atoms with Gasteiger partial charge in [-0.1, -0.05) is 18.2 Å². The van der Waals surface area contributed by atoms with Gasteiger partial charge in [0, 0.05) is 18.9 Å². The van der Waals surface area contributed by atoms with E-state index in [1.54, 1.807) is 0 Å². The molecule has 2 heteroatoms. The molecule has 0 saturated heterocycles. The first-order chi connectivity index (χ1) is 8.61. The van der Waals surface area contributed by atoms with Crippen LogP contribution in [-0.4, -0.2) is 12.0 Å². The summed E-state index contributed by atoms with van der Waals surface area (Å²) in [6, 6.07) is 12.8. The first-order valence-electron chi connectivity index (χ1n) is 6.31. The molecule has 1 aromatic heterocycles. The van der Waals surface area contributed by atoms with Gasteiger partial charge in [0.2, 0.25) is 0 Å². The zero-order chi connectivity index (χ0) is 13.1. The minimum Gasteiger partial charge on any atom is -0.366 e. The molecule has 94 valence electrons. The molecule has 1 aromatic carbocycles. The molecule has 1 heterocycles. The van der Waals surface area contributed by atoms with Gasteiger partial charge >= 0.3 is 0 Å². The molecule has 0 bridgehead atoms. The van der Waals surface area contributed by atoms with Crippen molar-refractivity contribution in [3.05, 3.63) is 59.4 Å². The summed E-state index contributed by atoms with van der Waals surface area (Å²) in [5.74, 6) is 0. The number of hydrogen-bond donors (Lipinski definition) is 0. The Labute approximate surface area is 109 Å². The van der Waals surface area contributed by atoms with Crippen LogP contribution in [0.15, 0.2) is 42.6 Å². The van der Waals surface area contributed by atoms with Crippen molar-refractivity contribution in [2.24, 2.45) is 0 Å². The monoisotopic (exact) mass is 240 g/mol. The van der Waals surface area contributed by atoms with Crippen molar-refractivity contribution in [2.75, 3.05) is 11.9 Å². The molecule has 0 radical (unpaired) electrons. The summed E-state index contributed by atoms with van der Waals surface area (Å²) in [6.45, 7) is 6.51. The maximum absolute atomic E-state index is 4.44. The Hall–Kier alpha value is -1.83. The zero-order valence-corrected chi connectivity index (χ0v) is 11.5. The molecule has 2 aromatic rings. The van der Waals surface area contributed by atoms with Crippen molar-refractivity contribution in [2.45, 2.75) is 26.8 Å². The summed E-state index contributed by atoms with van der Waals surface area (Å²) in [5, 5.41) is 0. The third kappa shape index (κ3) is 2.37. The fraction of sp³-hybridized carbons (Fsp3) is 0.312. The standard InChI is InChI=1S/C16H20N2/c1-12-8-7-10-16(13(12)2)18(4)14(3)15-9-5-6-11-17-15/h5-11,14H,1-4H3. The van der Waals surface area contributed by atoms with Gasteiger partial charge in [-0.2, -0.15) is 0 Å². The third-order valence-corrected chi connectivity index (χ3v) is 3.65. The van der Waals surface area contributed by atoms with Crippen LogP contribution in [0.1, 0.15) is 29.8 Å². The van der Waals surface area contributed by atoms with Crippen LogP contribution in [0.2, 0.25) is 0 Å². The highest BCUT2D eigenvalue weighted by molar-refractivity contribution is 5.56. The molecule has 1 atom stereocenters. The van der Waals surface area contributed by atoms with Gasteiger partial charge in [-0.05, 0) is 50.1 Å². The largest absolute Gasteiger partial charge is 0.366 e. The van der Waals surface area contributed by atoms with Crippen molar-refractivity contribution in [1.82, 2.24) is 4.98 Å². The van der Waals surface area contributed by atoms with E-state index in [1.807, 2.05) is 18.3 Å². The summed E-state index contributed by atoms with van der Waals surface area (Å²) >= 11 is 0. The van der Waals surface area contributed by atoms with E-state index in [-0.39, 0.29) is 6.04 Å². The molecule has 0 aliphatic rings. The minimum absolute atomic E-state index is 0.270. The lowest BCUT2D eigenvalue weighted by Crippen LogP contribution is -2.23. The molecule has 18 heavy (non-hydrogen) atoms. The summed E-state index contributed by atoms with van der Waals surface area (Å²) in [4.78, 5) is 6.72. The molecule has 0 aliphatic heterocycles. The van der Waals surface area contributed by atoms with Gasteiger partial charge in [0.1, 0.15) is 0 Å². The Kier molecular flexibility index (Phi) is 3.66. The molecule has 2 nitrogen and oxygen atoms in total. The van der Waals surface area contributed by atoms with Gasteiger partial charge in [0.25, 0.3) is 0 Å². The van der Waals surface area contributed by atoms with Crippen molar-refractivity contribution < 1.29 is 0 Å². The predicted molar refractivity (Wildman–Crippen MR) is 77.0 cm³/mol. The topological polar surface area (TPSA) is 16.1 Å². The van der Waals surface area contributed by atoms with Crippen LogP contribution in [0.3, 0.4) is 0 Å². The molecule has 0 aliphatic carbocycles. The molecule has 0 spiro atoms. The number of hydrogen-bond acceptors (Lipinski definition) is 2. The SMILES string of the molecule is Cc1cccc(N(C)C(C)c2ccccn2)c1C. The van der Waals surface area contributed by atoms with Gasteiger partial charge < -0.3 is 4.90 Å².